The molecule has 0 bridgehead atoms. The summed E-state index contributed by atoms with van der Waals surface area (Å²) in [5.41, 5.74) is 5.94. The average molecular weight is 239 g/mol. The van der Waals surface area contributed by atoms with Crippen LogP contribution in [0.25, 0.3) is 0 Å². The van der Waals surface area contributed by atoms with Crippen LogP contribution in [0.4, 0.5) is 0 Å². The third kappa shape index (κ3) is 5.22. The van der Waals surface area contributed by atoms with Crippen molar-refractivity contribution in [2.45, 2.75) is 46.6 Å². The molecule has 0 aliphatic heterocycles. The zero-order chi connectivity index (χ0) is 12.7. The van der Waals surface area contributed by atoms with Gasteiger partial charge in [-0.3, -0.25) is 4.68 Å². The van der Waals surface area contributed by atoms with Gasteiger partial charge in [0.2, 0.25) is 0 Å². The summed E-state index contributed by atoms with van der Waals surface area (Å²) in [5.74, 6) is 0.866. The van der Waals surface area contributed by atoms with Gasteiger partial charge in [-0.15, -0.1) is 0 Å². The van der Waals surface area contributed by atoms with Crippen LogP contribution in [-0.2, 0) is 6.54 Å². The van der Waals surface area contributed by atoms with Gasteiger partial charge in [-0.05, 0) is 38.1 Å². The molecule has 0 amide bonds. The maximum Gasteiger partial charge on any atom is 0.157 e. The Morgan fingerprint density at radius 2 is 2.18 bits per heavy atom. The maximum absolute atomic E-state index is 5.69. The number of hydrogen-bond donors (Lipinski definition) is 1. The summed E-state index contributed by atoms with van der Waals surface area (Å²) in [6.07, 6.45) is 7.09. The highest BCUT2D eigenvalue weighted by Crippen LogP contribution is 2.21. The van der Waals surface area contributed by atoms with Crippen molar-refractivity contribution in [2.24, 2.45) is 11.1 Å². The highest BCUT2D eigenvalue weighted by Gasteiger charge is 2.14. The molecule has 0 atom stereocenters. The van der Waals surface area contributed by atoms with E-state index in [1.54, 1.807) is 6.20 Å². The molecule has 17 heavy (non-hydrogen) atoms. The molecule has 1 rings (SSSR count). The fourth-order valence-electron chi connectivity index (χ4n) is 1.59. The van der Waals surface area contributed by atoms with Gasteiger partial charge in [-0.2, -0.15) is 5.10 Å². The molecule has 0 aromatic carbocycles. The lowest BCUT2D eigenvalue weighted by Crippen LogP contribution is -2.23. The van der Waals surface area contributed by atoms with Gasteiger partial charge in [0.25, 0.3) is 0 Å². The number of nitrogens with two attached hydrogens (primary N) is 1. The van der Waals surface area contributed by atoms with E-state index in [4.69, 9.17) is 10.5 Å². The Labute approximate surface area is 104 Å². The molecule has 1 heterocycles. The van der Waals surface area contributed by atoms with Crippen molar-refractivity contribution < 1.29 is 4.74 Å². The largest absolute Gasteiger partial charge is 0.490 e. The average Bonchev–Trinajstić information content (AvgIpc) is 2.76. The minimum atomic E-state index is 0.257. The summed E-state index contributed by atoms with van der Waals surface area (Å²) in [5, 5.41) is 4.16. The predicted octanol–water partition coefficient (Wildman–Crippen LogP) is 2.44. The fraction of sp³-hybridized carbons (Fsp3) is 0.769. The van der Waals surface area contributed by atoms with Crippen LogP contribution in [0.15, 0.2) is 12.4 Å². The summed E-state index contributed by atoms with van der Waals surface area (Å²) in [6.45, 7) is 8.87. The number of aromatic nitrogens is 2. The molecule has 1 aromatic heterocycles. The Bertz CT molecular complexity index is 320. The first-order valence-electron chi connectivity index (χ1n) is 6.43. The highest BCUT2D eigenvalue weighted by atomic mass is 16.5. The molecule has 0 spiro atoms. The molecule has 0 saturated heterocycles. The number of rotatable bonds is 8. The van der Waals surface area contributed by atoms with E-state index < -0.39 is 0 Å². The van der Waals surface area contributed by atoms with Crippen LogP contribution in [0.2, 0.25) is 0 Å². The quantitative estimate of drug-likeness (QED) is 0.709. The second-order valence-corrected chi connectivity index (χ2v) is 5.21. The minimum Gasteiger partial charge on any atom is -0.490 e. The molecule has 4 nitrogen and oxygen atoms in total. The van der Waals surface area contributed by atoms with Gasteiger partial charge in [0.15, 0.2) is 5.75 Å². The van der Waals surface area contributed by atoms with Crippen LogP contribution in [0.1, 0.15) is 40.0 Å². The standard InChI is InChI=1S/C13H25N3O/c1-4-16-10-12(9-15-16)17-8-6-5-7-13(2,3)11-14/h9-10H,4-8,11,14H2,1-3H3. The Hall–Kier alpha value is -1.03. The second-order valence-electron chi connectivity index (χ2n) is 5.21. The van der Waals surface area contributed by atoms with Gasteiger partial charge in [0.1, 0.15) is 0 Å². The van der Waals surface area contributed by atoms with Crippen LogP contribution in [-0.4, -0.2) is 22.9 Å². The molecule has 0 unspecified atom stereocenters. The van der Waals surface area contributed by atoms with Gasteiger partial charge in [-0.1, -0.05) is 13.8 Å². The van der Waals surface area contributed by atoms with Gasteiger partial charge < -0.3 is 10.5 Å². The lowest BCUT2D eigenvalue weighted by molar-refractivity contribution is 0.278. The summed E-state index contributed by atoms with van der Waals surface area (Å²) >= 11 is 0. The molecule has 0 saturated carbocycles. The van der Waals surface area contributed by atoms with E-state index in [-0.39, 0.29) is 5.41 Å². The molecular formula is C13H25N3O. The first kappa shape index (κ1) is 14.0. The highest BCUT2D eigenvalue weighted by molar-refractivity contribution is 5.11. The van der Waals surface area contributed by atoms with Crippen LogP contribution in [0.5, 0.6) is 5.75 Å². The van der Waals surface area contributed by atoms with Crippen LogP contribution >= 0.6 is 0 Å². The van der Waals surface area contributed by atoms with Gasteiger partial charge in [0.05, 0.1) is 19.0 Å². The van der Waals surface area contributed by atoms with Crippen molar-refractivity contribution in [3.63, 3.8) is 0 Å². The van der Waals surface area contributed by atoms with Gasteiger partial charge in [-0.25, -0.2) is 0 Å². The summed E-state index contributed by atoms with van der Waals surface area (Å²) in [6, 6.07) is 0. The molecular weight excluding hydrogens is 214 g/mol. The Kier molecular flexibility index (Phi) is 5.48. The summed E-state index contributed by atoms with van der Waals surface area (Å²) < 4.78 is 7.49. The monoisotopic (exact) mass is 239 g/mol. The van der Waals surface area contributed by atoms with Gasteiger partial charge >= 0.3 is 0 Å². The lowest BCUT2D eigenvalue weighted by atomic mass is 9.87. The molecule has 1 aromatic rings. The summed E-state index contributed by atoms with van der Waals surface area (Å²) in [7, 11) is 0. The number of unbranched alkanes of at least 4 members (excludes halogenated alkanes) is 1. The minimum absolute atomic E-state index is 0.257. The molecule has 2 N–H and O–H groups in total. The van der Waals surface area contributed by atoms with Crippen molar-refractivity contribution >= 4 is 0 Å². The second kappa shape index (κ2) is 6.64. The van der Waals surface area contributed by atoms with Gasteiger partial charge in [0, 0.05) is 6.54 Å². The topological polar surface area (TPSA) is 53.1 Å². The summed E-state index contributed by atoms with van der Waals surface area (Å²) in [4.78, 5) is 0. The first-order valence-corrected chi connectivity index (χ1v) is 6.43. The lowest BCUT2D eigenvalue weighted by Gasteiger charge is -2.21. The van der Waals surface area contributed by atoms with Crippen molar-refractivity contribution in [1.82, 2.24) is 9.78 Å². The van der Waals surface area contributed by atoms with E-state index >= 15 is 0 Å². The molecule has 0 aliphatic carbocycles. The van der Waals surface area contributed by atoms with E-state index in [1.807, 2.05) is 10.9 Å². The van der Waals surface area contributed by atoms with E-state index in [9.17, 15) is 0 Å². The number of aryl methyl sites for hydroxylation is 1. The number of hydrogen-bond acceptors (Lipinski definition) is 3. The predicted molar refractivity (Wildman–Crippen MR) is 70.1 cm³/mol. The Morgan fingerprint density at radius 1 is 1.41 bits per heavy atom. The normalized spacial score (nSPS) is 11.8. The molecule has 4 heteroatoms. The molecule has 0 radical (unpaired) electrons. The zero-order valence-corrected chi connectivity index (χ0v) is 11.3. The van der Waals surface area contributed by atoms with E-state index in [0.717, 1.165) is 44.7 Å². The SMILES string of the molecule is CCn1cc(OCCCCC(C)(C)CN)cn1. The molecule has 0 fully saturated rings. The fourth-order valence-corrected chi connectivity index (χ4v) is 1.59. The van der Waals surface area contributed by atoms with Crippen molar-refractivity contribution in [3.05, 3.63) is 12.4 Å². The van der Waals surface area contributed by atoms with Crippen molar-refractivity contribution in [2.75, 3.05) is 13.2 Å². The smallest absolute Gasteiger partial charge is 0.157 e. The maximum atomic E-state index is 5.69. The first-order chi connectivity index (χ1) is 8.07. The Morgan fingerprint density at radius 3 is 2.76 bits per heavy atom. The van der Waals surface area contributed by atoms with Crippen molar-refractivity contribution in [3.8, 4) is 5.75 Å². The van der Waals surface area contributed by atoms with Crippen LogP contribution < -0.4 is 10.5 Å². The third-order valence-electron chi connectivity index (χ3n) is 3.00. The number of ether oxygens (including phenoxy) is 1. The van der Waals surface area contributed by atoms with E-state index in [1.165, 1.54) is 0 Å². The zero-order valence-electron chi connectivity index (χ0n) is 11.3. The van der Waals surface area contributed by atoms with E-state index in [0.29, 0.717) is 0 Å². The third-order valence-corrected chi connectivity index (χ3v) is 3.00. The Balaban J connectivity index is 2.12. The van der Waals surface area contributed by atoms with Crippen molar-refractivity contribution in [1.29, 1.82) is 0 Å². The van der Waals surface area contributed by atoms with Crippen LogP contribution in [0.3, 0.4) is 0 Å². The molecule has 0 aliphatic rings. The molecule has 98 valence electrons. The van der Waals surface area contributed by atoms with E-state index in [2.05, 4.69) is 25.9 Å². The number of nitrogens with zero attached hydrogens (tertiary/aromatic N) is 2. The van der Waals surface area contributed by atoms with Crippen LogP contribution in [0, 0.1) is 5.41 Å².